The van der Waals surface area contributed by atoms with E-state index in [1.165, 1.54) is 17.3 Å². The van der Waals surface area contributed by atoms with Crippen LogP contribution in [0.15, 0.2) is 81.4 Å². The molecule has 55 heavy (non-hydrogen) atoms. The van der Waals surface area contributed by atoms with Crippen molar-refractivity contribution >= 4 is 50.2 Å². The number of hydrogen-bond acceptors (Lipinski definition) is 9. The third kappa shape index (κ3) is 10.3. The van der Waals surface area contributed by atoms with E-state index < -0.39 is 82.1 Å². The molecule has 1 aromatic heterocycles. The molecule has 3 N–H and O–H groups in total. The van der Waals surface area contributed by atoms with Gasteiger partial charge in [0, 0.05) is 25.5 Å². The number of nitrogens with zero attached hydrogens (tertiary/aromatic N) is 1. The van der Waals surface area contributed by atoms with Gasteiger partial charge in [-0.1, -0.05) is 118 Å². The first-order valence-corrected chi connectivity index (χ1v) is 25.3. The molecule has 1 saturated heterocycles. The fourth-order valence-corrected chi connectivity index (χ4v) is 8.89. The molecule has 0 radical (unpaired) electrons. The van der Waals surface area contributed by atoms with Gasteiger partial charge in [-0.05, 0) is 58.5 Å². The van der Waals surface area contributed by atoms with Crippen LogP contribution in [0.4, 0.5) is 0 Å². The number of benzene rings is 2. The van der Waals surface area contributed by atoms with Gasteiger partial charge in [0.15, 0.2) is 33.8 Å². The minimum atomic E-state index is -2.68. The highest BCUT2D eigenvalue weighted by Gasteiger charge is 2.60. The van der Waals surface area contributed by atoms with Gasteiger partial charge < -0.3 is 23.8 Å². The maximum atomic E-state index is 15.1. The summed E-state index contributed by atoms with van der Waals surface area (Å²) >= 11 is 3.15. The number of halogens is 1. The lowest BCUT2D eigenvalue weighted by molar-refractivity contribution is -0.168. The normalized spacial score (nSPS) is 21.4. The standard InChI is InChI=1S/C41H57BrN2O9Si2/c1-39(2,3)54(7,8)52-30(23-27-17-13-11-14-18-27)33(45)34(46)36-41(50,25-32(51-36)44-26-29(21-22-42)37(48)43-38(44)49)35(47)31(24-28-19-15-12-16-20-28)53-55(9,10)40(4,5)6/h11-22,26,30-32,34,36,46,50H,23-25H2,1-10H3,(H,43,48,49)/b22-21+/t30?,31?,32-,34?,36-,41-/m1/s1. The Morgan fingerprint density at radius 1 is 0.909 bits per heavy atom. The lowest BCUT2D eigenvalue weighted by Crippen LogP contribution is -2.60. The quantitative estimate of drug-likeness (QED) is 0.142. The third-order valence-electron chi connectivity index (χ3n) is 11.4. The Bertz CT molecular complexity index is 1950. The number of ketones is 2. The minimum Gasteiger partial charge on any atom is -0.406 e. The molecular formula is C41H57BrN2O9Si2. The van der Waals surface area contributed by atoms with Crippen LogP contribution in [-0.2, 0) is 36.0 Å². The highest BCUT2D eigenvalue weighted by Crippen LogP contribution is 2.44. The number of hydrogen-bond donors (Lipinski definition) is 3. The van der Waals surface area contributed by atoms with E-state index in [2.05, 4.69) is 20.9 Å². The third-order valence-corrected chi connectivity index (χ3v) is 20.7. The predicted octanol–water partition coefficient (Wildman–Crippen LogP) is 6.69. The molecule has 3 aromatic rings. The van der Waals surface area contributed by atoms with Crippen LogP contribution < -0.4 is 11.2 Å². The van der Waals surface area contributed by atoms with Gasteiger partial charge in [0.1, 0.15) is 30.6 Å². The second kappa shape index (κ2) is 17.2. The highest BCUT2D eigenvalue weighted by molar-refractivity contribution is 9.11. The Labute approximate surface area is 334 Å². The summed E-state index contributed by atoms with van der Waals surface area (Å²) in [6.07, 6.45) is -5.27. The molecule has 3 unspecified atom stereocenters. The highest BCUT2D eigenvalue weighted by atomic mass is 79.9. The number of ether oxygens (including phenoxy) is 1. The molecule has 11 nitrogen and oxygen atoms in total. The van der Waals surface area contributed by atoms with Crippen molar-refractivity contribution in [1.82, 2.24) is 9.55 Å². The van der Waals surface area contributed by atoms with Crippen molar-refractivity contribution in [2.45, 2.75) is 133 Å². The molecule has 1 fully saturated rings. The van der Waals surface area contributed by atoms with Gasteiger partial charge >= 0.3 is 5.69 Å². The second-order valence-electron chi connectivity index (χ2n) is 17.5. The van der Waals surface area contributed by atoms with Crippen molar-refractivity contribution < 1.29 is 33.4 Å². The summed E-state index contributed by atoms with van der Waals surface area (Å²) in [5.41, 5.74) is -2.40. The van der Waals surface area contributed by atoms with Gasteiger partial charge in [-0.2, -0.15) is 0 Å². The number of aromatic nitrogens is 2. The number of nitrogens with one attached hydrogen (secondary N) is 1. The first-order valence-electron chi connectivity index (χ1n) is 18.6. The van der Waals surface area contributed by atoms with Crippen LogP contribution in [0.1, 0.15) is 70.9 Å². The van der Waals surface area contributed by atoms with Gasteiger partial charge in [0.25, 0.3) is 5.56 Å². The van der Waals surface area contributed by atoms with E-state index in [1.54, 1.807) is 0 Å². The number of carbonyl (C=O) groups is 2. The van der Waals surface area contributed by atoms with Gasteiger partial charge in [0.2, 0.25) is 0 Å². The van der Waals surface area contributed by atoms with Crippen LogP contribution >= 0.6 is 15.9 Å². The van der Waals surface area contributed by atoms with Crippen LogP contribution in [0.5, 0.6) is 0 Å². The zero-order chi connectivity index (χ0) is 41.1. The van der Waals surface area contributed by atoms with Crippen molar-refractivity contribution in [1.29, 1.82) is 0 Å². The summed E-state index contributed by atoms with van der Waals surface area (Å²) in [7, 11) is -5.32. The van der Waals surface area contributed by atoms with E-state index in [0.717, 1.165) is 15.7 Å². The molecule has 2 aromatic carbocycles. The summed E-state index contributed by atoms with van der Waals surface area (Å²) in [5.74, 6) is -1.56. The lowest BCUT2D eigenvalue weighted by Gasteiger charge is -2.41. The Morgan fingerprint density at radius 3 is 1.85 bits per heavy atom. The Morgan fingerprint density at radius 2 is 1.38 bits per heavy atom. The maximum absolute atomic E-state index is 15.1. The van der Waals surface area contributed by atoms with Crippen LogP contribution in [0.25, 0.3) is 6.08 Å². The summed E-state index contributed by atoms with van der Waals surface area (Å²) in [6.45, 7) is 20.2. The molecule has 14 heteroatoms. The first-order chi connectivity index (χ1) is 25.4. The molecule has 0 spiro atoms. The molecular weight excluding hydrogens is 801 g/mol. The van der Waals surface area contributed by atoms with E-state index in [1.807, 2.05) is 128 Å². The second-order valence-corrected chi connectivity index (χ2v) is 27.5. The first kappa shape index (κ1) is 44.6. The van der Waals surface area contributed by atoms with E-state index in [-0.39, 0.29) is 28.5 Å². The van der Waals surface area contributed by atoms with Crippen LogP contribution in [0.3, 0.4) is 0 Å². The number of Topliss-reactive ketones (excluding diaryl/α,β-unsaturated/α-hetero) is 2. The van der Waals surface area contributed by atoms with Crippen molar-refractivity contribution in [3.8, 4) is 0 Å². The van der Waals surface area contributed by atoms with Gasteiger partial charge in [0.05, 0.1) is 5.56 Å². The topological polar surface area (TPSA) is 157 Å². The lowest BCUT2D eigenvalue weighted by atomic mass is 9.81. The Balaban J connectivity index is 1.86. The summed E-state index contributed by atoms with van der Waals surface area (Å²) < 4.78 is 20.8. The fraction of sp³-hybridized carbons (Fsp3) is 0.512. The zero-order valence-corrected chi connectivity index (χ0v) is 37.2. The van der Waals surface area contributed by atoms with Crippen molar-refractivity contribution in [2.24, 2.45) is 0 Å². The Kier molecular flexibility index (Phi) is 13.9. The fourth-order valence-electron chi connectivity index (χ4n) is 6.08. The van der Waals surface area contributed by atoms with Gasteiger partial charge in [-0.3, -0.25) is 23.9 Å². The number of aliphatic hydroxyl groups is 2. The SMILES string of the molecule is CC(C)(C)[Si](C)(C)OC(Cc1ccccc1)C(=O)C(O)[C@H]1O[C@@H](n2cc(/C=C/Br)c(=O)[nH]c2=O)C[C@@]1(O)C(=O)C(Cc1ccccc1)O[Si](C)(C)C(C)(C)C. The maximum Gasteiger partial charge on any atom is 0.330 e. The Hall–Kier alpha value is -3.09. The van der Waals surface area contributed by atoms with E-state index in [9.17, 15) is 24.6 Å². The number of aromatic amines is 1. The molecule has 0 bridgehead atoms. The molecule has 6 atom stereocenters. The molecule has 1 aliphatic rings. The average Bonchev–Trinajstić information content (AvgIpc) is 3.45. The van der Waals surface area contributed by atoms with Crippen molar-refractivity contribution in [3.63, 3.8) is 0 Å². The summed E-state index contributed by atoms with van der Waals surface area (Å²) in [4.78, 5) is 59.3. The predicted molar refractivity (Wildman–Crippen MR) is 223 cm³/mol. The largest absolute Gasteiger partial charge is 0.406 e. The summed E-state index contributed by atoms with van der Waals surface area (Å²) in [5, 5.41) is 24.3. The number of H-pyrrole nitrogens is 1. The minimum absolute atomic E-state index is 0.0870. The number of aliphatic hydroxyl groups excluding tert-OH is 1. The van der Waals surface area contributed by atoms with Crippen molar-refractivity contribution in [2.75, 3.05) is 0 Å². The van der Waals surface area contributed by atoms with Crippen molar-refractivity contribution in [3.05, 3.63) is 109 Å². The van der Waals surface area contributed by atoms with E-state index >= 15 is 4.79 Å². The van der Waals surface area contributed by atoms with E-state index in [0.29, 0.717) is 0 Å². The van der Waals surface area contributed by atoms with Crippen LogP contribution in [0.2, 0.25) is 36.3 Å². The molecule has 0 aliphatic carbocycles. The molecule has 0 saturated carbocycles. The van der Waals surface area contributed by atoms with Gasteiger partial charge in [-0.15, -0.1) is 0 Å². The molecule has 2 heterocycles. The molecule has 300 valence electrons. The van der Waals surface area contributed by atoms with Crippen LogP contribution in [0, 0.1) is 0 Å². The number of rotatable bonds is 15. The van der Waals surface area contributed by atoms with E-state index in [4.69, 9.17) is 13.6 Å². The van der Waals surface area contributed by atoms with Crippen LogP contribution in [-0.4, -0.2) is 78.0 Å². The van der Waals surface area contributed by atoms with Gasteiger partial charge in [-0.25, -0.2) is 4.79 Å². The number of carbonyl (C=O) groups excluding carboxylic acids is 2. The molecule has 1 aliphatic heterocycles. The monoisotopic (exact) mass is 856 g/mol. The molecule has 4 rings (SSSR count). The molecule has 0 amide bonds. The smallest absolute Gasteiger partial charge is 0.330 e. The average molecular weight is 858 g/mol. The zero-order valence-electron chi connectivity index (χ0n) is 33.6. The summed E-state index contributed by atoms with van der Waals surface area (Å²) in [6, 6.07) is 18.5.